The van der Waals surface area contributed by atoms with E-state index in [4.69, 9.17) is 0 Å². The van der Waals surface area contributed by atoms with Gasteiger partial charge in [-0.25, -0.2) is 4.39 Å². The molecule has 1 heterocycles. The molecule has 1 fully saturated rings. The zero-order chi connectivity index (χ0) is 13.1. The van der Waals surface area contributed by atoms with Gasteiger partial charge in [-0.2, -0.15) is 0 Å². The first-order chi connectivity index (χ1) is 8.63. The Kier molecular flexibility index (Phi) is 4.19. The van der Waals surface area contributed by atoms with Gasteiger partial charge in [-0.1, -0.05) is 6.07 Å². The van der Waals surface area contributed by atoms with Crippen molar-refractivity contribution in [1.82, 2.24) is 4.90 Å². The third kappa shape index (κ3) is 2.65. The summed E-state index contributed by atoms with van der Waals surface area (Å²) in [6, 6.07) is 5.61. The van der Waals surface area contributed by atoms with Crippen molar-refractivity contribution in [3.05, 3.63) is 29.6 Å². The molecule has 100 valence electrons. The van der Waals surface area contributed by atoms with E-state index in [1.54, 1.807) is 6.07 Å². The first kappa shape index (κ1) is 13.3. The van der Waals surface area contributed by atoms with E-state index < -0.39 is 0 Å². The number of piperidine rings is 1. The number of benzene rings is 1. The standard InChI is InChI=1S/C14H21FN2O/c1-16(2)11-6-8-17(9-7-11)14-5-3-4-13(15)12(14)10-18/h3-5,11,18H,6-10H2,1-2H3. The molecule has 0 unspecified atom stereocenters. The molecule has 0 radical (unpaired) electrons. The molecule has 1 aromatic carbocycles. The van der Waals surface area contributed by atoms with Crippen LogP contribution in [0.4, 0.5) is 10.1 Å². The second kappa shape index (κ2) is 5.67. The number of halogens is 1. The van der Waals surface area contributed by atoms with E-state index in [0.717, 1.165) is 31.6 Å². The van der Waals surface area contributed by atoms with Gasteiger partial charge in [0.05, 0.1) is 6.61 Å². The molecule has 0 atom stereocenters. The highest BCUT2D eigenvalue weighted by Gasteiger charge is 2.22. The van der Waals surface area contributed by atoms with Crippen LogP contribution in [0.25, 0.3) is 0 Å². The lowest BCUT2D eigenvalue weighted by Gasteiger charge is -2.37. The highest BCUT2D eigenvalue weighted by molar-refractivity contribution is 5.54. The Bertz CT molecular complexity index is 401. The molecule has 1 aromatic rings. The van der Waals surface area contributed by atoms with Gasteiger partial charge in [0, 0.05) is 30.4 Å². The summed E-state index contributed by atoms with van der Waals surface area (Å²) in [5.74, 6) is -0.315. The average Bonchev–Trinajstić information content (AvgIpc) is 2.38. The van der Waals surface area contributed by atoms with Crippen LogP contribution >= 0.6 is 0 Å². The topological polar surface area (TPSA) is 26.7 Å². The third-order valence-corrected chi connectivity index (χ3v) is 3.79. The van der Waals surface area contributed by atoms with Gasteiger partial charge in [0.2, 0.25) is 0 Å². The van der Waals surface area contributed by atoms with Crippen LogP contribution < -0.4 is 4.90 Å². The van der Waals surface area contributed by atoms with Crippen LogP contribution in [0.2, 0.25) is 0 Å². The molecule has 0 amide bonds. The number of hydrogen-bond donors (Lipinski definition) is 1. The summed E-state index contributed by atoms with van der Waals surface area (Å²) in [5.41, 5.74) is 1.26. The predicted molar refractivity (Wildman–Crippen MR) is 71.2 cm³/mol. The largest absolute Gasteiger partial charge is 0.391 e. The Morgan fingerprint density at radius 2 is 2.00 bits per heavy atom. The first-order valence-electron chi connectivity index (χ1n) is 6.43. The normalized spacial score (nSPS) is 17.5. The average molecular weight is 252 g/mol. The molecule has 1 N–H and O–H groups in total. The number of anilines is 1. The predicted octanol–water partition coefficient (Wildman–Crippen LogP) is 1.85. The highest BCUT2D eigenvalue weighted by atomic mass is 19.1. The zero-order valence-corrected chi connectivity index (χ0v) is 11.1. The number of hydrogen-bond acceptors (Lipinski definition) is 3. The van der Waals surface area contributed by atoms with Crippen molar-refractivity contribution in [2.45, 2.75) is 25.5 Å². The van der Waals surface area contributed by atoms with Gasteiger partial charge in [-0.3, -0.25) is 0 Å². The van der Waals surface area contributed by atoms with E-state index in [9.17, 15) is 9.50 Å². The van der Waals surface area contributed by atoms with E-state index in [-0.39, 0.29) is 12.4 Å². The van der Waals surface area contributed by atoms with Crippen molar-refractivity contribution in [2.24, 2.45) is 0 Å². The lowest BCUT2D eigenvalue weighted by atomic mass is 10.0. The molecule has 3 nitrogen and oxygen atoms in total. The van der Waals surface area contributed by atoms with Crippen molar-refractivity contribution in [3.8, 4) is 0 Å². The van der Waals surface area contributed by atoms with Crippen LogP contribution in [0.1, 0.15) is 18.4 Å². The molecule has 1 aliphatic rings. The van der Waals surface area contributed by atoms with Crippen molar-refractivity contribution in [1.29, 1.82) is 0 Å². The van der Waals surface area contributed by atoms with E-state index in [0.29, 0.717) is 11.6 Å². The highest BCUT2D eigenvalue weighted by Crippen LogP contribution is 2.27. The summed E-state index contributed by atoms with van der Waals surface area (Å²) in [6.07, 6.45) is 2.16. The van der Waals surface area contributed by atoms with Crippen LogP contribution in [0.5, 0.6) is 0 Å². The molecular weight excluding hydrogens is 231 g/mol. The second-order valence-electron chi connectivity index (χ2n) is 5.08. The van der Waals surface area contributed by atoms with Crippen LogP contribution in [-0.4, -0.2) is 43.2 Å². The maximum absolute atomic E-state index is 13.6. The molecule has 0 bridgehead atoms. The van der Waals surface area contributed by atoms with Crippen molar-refractivity contribution < 1.29 is 9.50 Å². The fraction of sp³-hybridized carbons (Fsp3) is 0.571. The molecule has 1 aliphatic heterocycles. The molecule has 18 heavy (non-hydrogen) atoms. The number of aliphatic hydroxyl groups excluding tert-OH is 1. The maximum atomic E-state index is 13.6. The quantitative estimate of drug-likeness (QED) is 0.889. The van der Waals surface area contributed by atoms with Gasteiger partial charge in [-0.15, -0.1) is 0 Å². The fourth-order valence-corrected chi connectivity index (χ4v) is 2.62. The molecular formula is C14H21FN2O. The van der Waals surface area contributed by atoms with Crippen LogP contribution in [0.15, 0.2) is 18.2 Å². The molecule has 0 aliphatic carbocycles. The van der Waals surface area contributed by atoms with E-state index in [2.05, 4.69) is 23.9 Å². The van der Waals surface area contributed by atoms with Gasteiger partial charge >= 0.3 is 0 Å². The number of nitrogens with zero attached hydrogens (tertiary/aromatic N) is 2. The van der Waals surface area contributed by atoms with E-state index in [1.165, 1.54) is 6.07 Å². The van der Waals surface area contributed by atoms with Crippen molar-refractivity contribution in [2.75, 3.05) is 32.1 Å². The number of aliphatic hydroxyl groups is 1. The maximum Gasteiger partial charge on any atom is 0.130 e. The summed E-state index contributed by atoms with van der Waals surface area (Å²) in [4.78, 5) is 4.42. The van der Waals surface area contributed by atoms with Gasteiger partial charge in [-0.05, 0) is 39.1 Å². The van der Waals surface area contributed by atoms with Crippen LogP contribution in [0, 0.1) is 5.82 Å². The summed E-state index contributed by atoms with van der Waals surface area (Å²) in [7, 11) is 4.20. The molecule has 0 spiro atoms. The fourth-order valence-electron chi connectivity index (χ4n) is 2.62. The molecule has 4 heteroatoms. The smallest absolute Gasteiger partial charge is 0.130 e. The lowest BCUT2D eigenvalue weighted by molar-refractivity contribution is 0.248. The first-order valence-corrected chi connectivity index (χ1v) is 6.43. The minimum absolute atomic E-state index is 0.240. The molecule has 2 rings (SSSR count). The summed E-state index contributed by atoms with van der Waals surface area (Å²) >= 11 is 0. The van der Waals surface area contributed by atoms with Crippen molar-refractivity contribution >= 4 is 5.69 Å². The second-order valence-corrected chi connectivity index (χ2v) is 5.08. The number of rotatable bonds is 3. The van der Waals surface area contributed by atoms with Crippen LogP contribution in [0.3, 0.4) is 0 Å². The SMILES string of the molecule is CN(C)C1CCN(c2cccc(F)c2CO)CC1. The Labute approximate surface area is 108 Å². The van der Waals surface area contributed by atoms with Gasteiger partial charge in [0.1, 0.15) is 5.82 Å². The van der Waals surface area contributed by atoms with Crippen molar-refractivity contribution in [3.63, 3.8) is 0 Å². The molecule has 0 saturated carbocycles. The summed E-state index contributed by atoms with van der Waals surface area (Å²) in [6.45, 7) is 1.59. The minimum Gasteiger partial charge on any atom is -0.391 e. The van der Waals surface area contributed by atoms with Crippen LogP contribution in [-0.2, 0) is 6.61 Å². The summed E-state index contributed by atoms with van der Waals surface area (Å²) < 4.78 is 13.6. The third-order valence-electron chi connectivity index (χ3n) is 3.79. The minimum atomic E-state index is -0.315. The van der Waals surface area contributed by atoms with E-state index >= 15 is 0 Å². The van der Waals surface area contributed by atoms with Gasteiger partial charge < -0.3 is 14.9 Å². The molecule has 0 aromatic heterocycles. The monoisotopic (exact) mass is 252 g/mol. The zero-order valence-electron chi connectivity index (χ0n) is 11.1. The Morgan fingerprint density at radius 1 is 1.33 bits per heavy atom. The van der Waals surface area contributed by atoms with Gasteiger partial charge in [0.25, 0.3) is 0 Å². The van der Waals surface area contributed by atoms with Gasteiger partial charge in [0.15, 0.2) is 0 Å². The summed E-state index contributed by atoms with van der Waals surface area (Å²) in [5, 5.41) is 9.30. The Balaban J connectivity index is 2.12. The van der Waals surface area contributed by atoms with E-state index in [1.807, 2.05) is 6.07 Å². The Hall–Kier alpha value is -1.13. The Morgan fingerprint density at radius 3 is 2.56 bits per heavy atom. The molecule has 1 saturated heterocycles. The lowest BCUT2D eigenvalue weighted by Crippen LogP contribution is -2.42.